The Kier molecular flexibility index (Phi) is 7.44. The van der Waals surface area contributed by atoms with Crippen LogP contribution in [0.4, 0.5) is 5.82 Å². The Bertz CT molecular complexity index is 871. The number of hydrogen-bond donors (Lipinski definition) is 1. The molecule has 0 unspecified atom stereocenters. The van der Waals surface area contributed by atoms with Gasteiger partial charge in [-0.25, -0.2) is 4.98 Å². The van der Waals surface area contributed by atoms with Crippen molar-refractivity contribution >= 4 is 17.6 Å². The van der Waals surface area contributed by atoms with Gasteiger partial charge in [-0.1, -0.05) is 37.5 Å². The van der Waals surface area contributed by atoms with Gasteiger partial charge in [-0.3, -0.25) is 9.59 Å². The van der Waals surface area contributed by atoms with Crippen LogP contribution in [0.2, 0.25) is 0 Å². The first-order valence-corrected chi connectivity index (χ1v) is 10.9. The number of rotatable bonds is 7. The number of hydrogen-bond acceptors (Lipinski definition) is 4. The maximum atomic E-state index is 12.9. The maximum Gasteiger partial charge on any atom is 0.254 e. The fourth-order valence-electron chi connectivity index (χ4n) is 3.75. The highest BCUT2D eigenvalue weighted by Crippen LogP contribution is 2.18. The fourth-order valence-corrected chi connectivity index (χ4v) is 3.75. The summed E-state index contributed by atoms with van der Waals surface area (Å²) in [5, 5.41) is 2.94. The summed E-state index contributed by atoms with van der Waals surface area (Å²) in [5.74, 6) is 0.861. The quantitative estimate of drug-likeness (QED) is 0.711. The fraction of sp³-hybridized carbons (Fsp3) is 0.458. The van der Waals surface area contributed by atoms with Crippen molar-refractivity contribution in [2.24, 2.45) is 0 Å². The van der Waals surface area contributed by atoms with Gasteiger partial charge in [-0.15, -0.1) is 0 Å². The summed E-state index contributed by atoms with van der Waals surface area (Å²) >= 11 is 0. The zero-order valence-corrected chi connectivity index (χ0v) is 18.3. The summed E-state index contributed by atoms with van der Waals surface area (Å²) < 4.78 is 0. The second-order valence-corrected chi connectivity index (χ2v) is 7.97. The van der Waals surface area contributed by atoms with Gasteiger partial charge in [0, 0.05) is 44.5 Å². The minimum atomic E-state index is -0.0750. The van der Waals surface area contributed by atoms with Gasteiger partial charge in [0.05, 0.1) is 5.56 Å². The van der Waals surface area contributed by atoms with Crippen molar-refractivity contribution in [2.75, 3.05) is 37.6 Å². The van der Waals surface area contributed by atoms with Gasteiger partial charge >= 0.3 is 0 Å². The molecule has 2 amide bonds. The van der Waals surface area contributed by atoms with Gasteiger partial charge in [0.15, 0.2) is 0 Å². The number of aryl methyl sites for hydroxylation is 2. The van der Waals surface area contributed by atoms with Crippen LogP contribution in [-0.2, 0) is 0 Å². The number of amides is 2. The van der Waals surface area contributed by atoms with Crippen LogP contribution < -0.4 is 10.2 Å². The molecule has 0 atom stereocenters. The highest BCUT2D eigenvalue weighted by Gasteiger charge is 2.24. The minimum absolute atomic E-state index is 0.0750. The summed E-state index contributed by atoms with van der Waals surface area (Å²) in [4.78, 5) is 33.6. The Hall–Kier alpha value is -2.89. The summed E-state index contributed by atoms with van der Waals surface area (Å²) in [6.45, 7) is 9.64. The third kappa shape index (κ3) is 5.38. The van der Waals surface area contributed by atoms with Crippen molar-refractivity contribution in [3.63, 3.8) is 0 Å². The molecule has 1 fully saturated rings. The second kappa shape index (κ2) is 10.2. The summed E-state index contributed by atoms with van der Waals surface area (Å²) in [6, 6.07) is 9.68. The molecule has 160 valence electrons. The number of nitrogens with one attached hydrogen (secondary N) is 1. The number of anilines is 1. The molecule has 1 saturated heterocycles. The van der Waals surface area contributed by atoms with E-state index < -0.39 is 0 Å². The average molecular weight is 409 g/mol. The van der Waals surface area contributed by atoms with Crippen LogP contribution in [0.1, 0.15) is 58.0 Å². The van der Waals surface area contributed by atoms with Crippen LogP contribution in [0.3, 0.4) is 0 Å². The average Bonchev–Trinajstić information content (AvgIpc) is 2.76. The molecule has 0 spiro atoms. The normalized spacial score (nSPS) is 14.0. The van der Waals surface area contributed by atoms with E-state index in [9.17, 15) is 9.59 Å². The van der Waals surface area contributed by atoms with Crippen molar-refractivity contribution in [1.29, 1.82) is 0 Å². The van der Waals surface area contributed by atoms with Gasteiger partial charge in [0.25, 0.3) is 11.8 Å². The zero-order valence-electron chi connectivity index (χ0n) is 18.3. The Balaban J connectivity index is 1.53. The van der Waals surface area contributed by atoms with Crippen LogP contribution in [-0.4, -0.2) is 54.4 Å². The third-order valence-corrected chi connectivity index (χ3v) is 5.58. The summed E-state index contributed by atoms with van der Waals surface area (Å²) in [6.07, 6.45) is 4.89. The topological polar surface area (TPSA) is 65.5 Å². The van der Waals surface area contributed by atoms with Crippen LogP contribution >= 0.6 is 0 Å². The molecule has 1 aliphatic rings. The van der Waals surface area contributed by atoms with E-state index >= 15 is 0 Å². The van der Waals surface area contributed by atoms with E-state index in [0.29, 0.717) is 25.2 Å². The highest BCUT2D eigenvalue weighted by atomic mass is 16.2. The van der Waals surface area contributed by atoms with Gasteiger partial charge in [0.1, 0.15) is 5.82 Å². The number of unbranched alkanes of at least 4 members (excludes halogenated alkanes) is 2. The minimum Gasteiger partial charge on any atom is -0.353 e. The first-order chi connectivity index (χ1) is 14.5. The summed E-state index contributed by atoms with van der Waals surface area (Å²) in [7, 11) is 0. The molecular weight excluding hydrogens is 376 g/mol. The first kappa shape index (κ1) is 21.8. The smallest absolute Gasteiger partial charge is 0.254 e. The Morgan fingerprint density at radius 1 is 1.03 bits per heavy atom. The SMILES string of the molecule is CCCCCNC(=O)c1ccc(N2CCN(C(=O)c3ccc(C)cc3C)CC2)nc1. The highest BCUT2D eigenvalue weighted by molar-refractivity contribution is 5.96. The number of pyridine rings is 1. The number of aromatic nitrogens is 1. The number of carbonyl (C=O) groups excluding carboxylic acids is 2. The largest absolute Gasteiger partial charge is 0.353 e. The molecule has 6 nitrogen and oxygen atoms in total. The van der Waals surface area contributed by atoms with Gasteiger partial charge < -0.3 is 15.1 Å². The number of nitrogens with zero attached hydrogens (tertiary/aromatic N) is 3. The van der Waals surface area contributed by atoms with E-state index in [0.717, 1.165) is 54.9 Å². The molecule has 2 aromatic rings. The van der Waals surface area contributed by atoms with Crippen LogP contribution in [0.25, 0.3) is 0 Å². The van der Waals surface area contributed by atoms with E-state index in [1.165, 1.54) is 0 Å². The third-order valence-electron chi connectivity index (χ3n) is 5.58. The second-order valence-electron chi connectivity index (χ2n) is 7.97. The van der Waals surface area contributed by atoms with E-state index in [4.69, 9.17) is 0 Å². The lowest BCUT2D eigenvalue weighted by Crippen LogP contribution is -2.49. The molecule has 3 rings (SSSR count). The molecule has 6 heteroatoms. The predicted octanol–water partition coefficient (Wildman–Crippen LogP) is 3.58. The van der Waals surface area contributed by atoms with E-state index in [2.05, 4.69) is 28.2 Å². The Labute approximate surface area is 179 Å². The van der Waals surface area contributed by atoms with Gasteiger partial charge in [0.2, 0.25) is 0 Å². The number of piperazine rings is 1. The molecule has 0 saturated carbocycles. The predicted molar refractivity (Wildman–Crippen MR) is 120 cm³/mol. The molecule has 0 radical (unpaired) electrons. The van der Waals surface area contributed by atoms with E-state index in [-0.39, 0.29) is 11.8 Å². The monoisotopic (exact) mass is 408 g/mol. The van der Waals surface area contributed by atoms with E-state index in [1.807, 2.05) is 43.0 Å². The molecular formula is C24H32N4O2. The van der Waals surface area contributed by atoms with Gasteiger partial charge in [-0.2, -0.15) is 0 Å². The number of benzene rings is 1. The zero-order chi connectivity index (χ0) is 21.5. The Morgan fingerprint density at radius 3 is 2.43 bits per heavy atom. The van der Waals surface area contributed by atoms with E-state index in [1.54, 1.807) is 6.20 Å². The Morgan fingerprint density at radius 2 is 1.80 bits per heavy atom. The molecule has 1 aromatic heterocycles. The maximum absolute atomic E-state index is 12.9. The standard InChI is InChI=1S/C24H32N4O2/c1-4-5-6-11-25-23(29)20-8-10-22(26-17-20)27-12-14-28(15-13-27)24(30)21-9-7-18(2)16-19(21)3/h7-10,16-17H,4-6,11-15H2,1-3H3,(H,25,29). The molecule has 1 aliphatic heterocycles. The molecule has 0 bridgehead atoms. The first-order valence-electron chi connectivity index (χ1n) is 10.9. The van der Waals surface area contributed by atoms with Gasteiger partial charge in [-0.05, 0) is 44.0 Å². The lowest BCUT2D eigenvalue weighted by Gasteiger charge is -2.35. The summed E-state index contributed by atoms with van der Waals surface area (Å²) in [5.41, 5.74) is 3.55. The molecule has 1 N–H and O–H groups in total. The van der Waals surface area contributed by atoms with Crippen LogP contribution in [0, 0.1) is 13.8 Å². The van der Waals surface area contributed by atoms with Crippen LogP contribution in [0.15, 0.2) is 36.5 Å². The molecule has 30 heavy (non-hydrogen) atoms. The van der Waals surface area contributed by atoms with Crippen molar-refractivity contribution in [3.05, 3.63) is 58.8 Å². The van der Waals surface area contributed by atoms with Crippen molar-refractivity contribution in [1.82, 2.24) is 15.2 Å². The lowest BCUT2D eigenvalue weighted by atomic mass is 10.0. The molecule has 2 heterocycles. The van der Waals surface area contributed by atoms with Crippen LogP contribution in [0.5, 0.6) is 0 Å². The van der Waals surface area contributed by atoms with Crippen molar-refractivity contribution in [3.8, 4) is 0 Å². The molecule has 0 aliphatic carbocycles. The lowest BCUT2D eigenvalue weighted by molar-refractivity contribution is 0.0745. The van der Waals surface area contributed by atoms with Crippen molar-refractivity contribution in [2.45, 2.75) is 40.0 Å². The molecule has 1 aromatic carbocycles. The van der Waals surface area contributed by atoms with Crippen molar-refractivity contribution < 1.29 is 9.59 Å². The number of carbonyl (C=O) groups is 2.